The average Bonchev–Trinajstić information content (AvgIpc) is 2.60. The van der Waals surface area contributed by atoms with Gasteiger partial charge in [-0.05, 0) is 26.4 Å². The lowest BCUT2D eigenvalue weighted by Crippen LogP contribution is -2.59. The Labute approximate surface area is 92.7 Å². The van der Waals surface area contributed by atoms with Gasteiger partial charge in [0.05, 0.1) is 5.25 Å². The highest BCUT2D eigenvalue weighted by Gasteiger charge is 2.49. The topological polar surface area (TPSA) is 63.4 Å². The third kappa shape index (κ3) is 2.19. The van der Waals surface area contributed by atoms with Crippen LogP contribution >= 0.6 is 0 Å². The number of rotatable bonds is 4. The maximum atomic E-state index is 11.7. The summed E-state index contributed by atoms with van der Waals surface area (Å²) in [6, 6.07) is 0. The van der Waals surface area contributed by atoms with Gasteiger partial charge in [-0.25, -0.2) is 8.42 Å². The van der Waals surface area contributed by atoms with E-state index in [-0.39, 0.29) is 10.8 Å². The molecule has 1 rings (SSSR count). The first-order valence-corrected chi connectivity index (χ1v) is 7.44. The summed E-state index contributed by atoms with van der Waals surface area (Å²) in [7, 11) is -1.03. The van der Waals surface area contributed by atoms with E-state index in [1.807, 2.05) is 14.0 Å². The number of nitrogens with two attached hydrogens (primary N) is 1. The molecule has 2 N–H and O–H groups in total. The maximum Gasteiger partial charge on any atom is 0.152 e. The molecule has 2 atom stereocenters. The molecule has 5 heteroatoms. The summed E-state index contributed by atoms with van der Waals surface area (Å²) >= 11 is 0. The van der Waals surface area contributed by atoms with Crippen molar-refractivity contribution in [3.63, 3.8) is 0 Å². The van der Waals surface area contributed by atoms with E-state index in [9.17, 15) is 8.42 Å². The summed E-state index contributed by atoms with van der Waals surface area (Å²) < 4.78 is 23.5. The third-order valence-electron chi connectivity index (χ3n) is 3.78. The highest BCUT2D eigenvalue weighted by Crippen LogP contribution is 2.38. The van der Waals surface area contributed by atoms with E-state index in [1.165, 1.54) is 6.26 Å². The minimum absolute atomic E-state index is 0.292. The van der Waals surface area contributed by atoms with Crippen molar-refractivity contribution in [3.8, 4) is 0 Å². The average molecular weight is 234 g/mol. The minimum atomic E-state index is -3.00. The first-order chi connectivity index (χ1) is 6.88. The zero-order valence-electron chi connectivity index (χ0n) is 9.86. The number of hydrogen-bond donors (Lipinski definition) is 1. The molecule has 0 heterocycles. The van der Waals surface area contributed by atoms with Crippen LogP contribution in [0.1, 0.15) is 26.2 Å². The quantitative estimate of drug-likeness (QED) is 0.756. The number of hydrogen-bond acceptors (Lipinski definition) is 4. The molecule has 0 saturated heterocycles. The lowest BCUT2D eigenvalue weighted by molar-refractivity contribution is 0.142. The highest BCUT2D eigenvalue weighted by molar-refractivity contribution is 7.91. The molecule has 0 aromatic rings. The fourth-order valence-corrected chi connectivity index (χ4v) is 4.56. The summed E-state index contributed by atoms with van der Waals surface area (Å²) in [6.07, 6.45) is 3.93. The van der Waals surface area contributed by atoms with Crippen molar-refractivity contribution in [1.82, 2.24) is 4.90 Å². The molecule has 0 aromatic heterocycles. The predicted octanol–water partition coefficient (Wildman–Crippen LogP) is 0.233. The van der Waals surface area contributed by atoms with Crippen LogP contribution in [-0.4, -0.2) is 50.5 Å². The van der Waals surface area contributed by atoms with Crippen LogP contribution in [0, 0.1) is 0 Å². The van der Waals surface area contributed by atoms with Crippen molar-refractivity contribution in [1.29, 1.82) is 0 Å². The first-order valence-electron chi connectivity index (χ1n) is 5.48. The van der Waals surface area contributed by atoms with Gasteiger partial charge in [-0.2, -0.15) is 0 Å². The number of likely N-dealkylation sites (N-methyl/N-ethyl adjacent to an activating group) is 1. The molecule has 0 spiro atoms. The van der Waals surface area contributed by atoms with Gasteiger partial charge in [-0.3, -0.25) is 4.90 Å². The molecule has 0 aliphatic heterocycles. The Bertz CT molecular complexity index is 315. The Kier molecular flexibility index (Phi) is 3.79. The van der Waals surface area contributed by atoms with Gasteiger partial charge in [0.1, 0.15) is 0 Å². The van der Waals surface area contributed by atoms with Gasteiger partial charge in [0.25, 0.3) is 0 Å². The Morgan fingerprint density at radius 3 is 2.53 bits per heavy atom. The van der Waals surface area contributed by atoms with Crippen LogP contribution in [0.5, 0.6) is 0 Å². The molecule has 0 aromatic carbocycles. The molecule has 0 amide bonds. The largest absolute Gasteiger partial charge is 0.329 e. The molecule has 1 fully saturated rings. The molecule has 1 aliphatic carbocycles. The Morgan fingerprint density at radius 1 is 1.53 bits per heavy atom. The molecule has 0 bridgehead atoms. The third-order valence-corrected chi connectivity index (χ3v) is 5.49. The van der Waals surface area contributed by atoms with Crippen molar-refractivity contribution in [2.24, 2.45) is 5.73 Å². The van der Waals surface area contributed by atoms with Crippen molar-refractivity contribution < 1.29 is 8.42 Å². The van der Waals surface area contributed by atoms with Crippen LogP contribution in [-0.2, 0) is 9.84 Å². The van der Waals surface area contributed by atoms with E-state index in [4.69, 9.17) is 5.73 Å². The smallest absolute Gasteiger partial charge is 0.152 e. The van der Waals surface area contributed by atoms with Gasteiger partial charge in [0.2, 0.25) is 0 Å². The Morgan fingerprint density at radius 2 is 2.13 bits per heavy atom. The number of sulfone groups is 1. The van der Waals surface area contributed by atoms with Crippen LogP contribution in [0.15, 0.2) is 0 Å². The second-order valence-corrected chi connectivity index (χ2v) is 6.76. The van der Waals surface area contributed by atoms with Crippen molar-refractivity contribution in [3.05, 3.63) is 0 Å². The standard InChI is InChI=1S/C10H22N2O2S/c1-4-12(2)10(8-11)7-5-6-9(10)15(3,13)14/h9H,4-8,11H2,1-3H3. The summed E-state index contributed by atoms with van der Waals surface area (Å²) in [5, 5.41) is -0.292. The van der Waals surface area contributed by atoms with Crippen molar-refractivity contribution >= 4 is 9.84 Å². The van der Waals surface area contributed by atoms with Crippen LogP contribution in [0.2, 0.25) is 0 Å². The first kappa shape index (κ1) is 12.9. The summed E-state index contributed by atoms with van der Waals surface area (Å²) in [6.45, 7) is 3.30. The van der Waals surface area contributed by atoms with Crippen molar-refractivity contribution in [2.75, 3.05) is 26.4 Å². The molecule has 90 valence electrons. The van der Waals surface area contributed by atoms with Gasteiger partial charge in [0.15, 0.2) is 9.84 Å². The zero-order valence-corrected chi connectivity index (χ0v) is 10.7. The summed E-state index contributed by atoms with van der Waals surface area (Å²) in [4.78, 5) is 2.10. The molecule has 4 nitrogen and oxygen atoms in total. The van der Waals surface area contributed by atoms with Gasteiger partial charge in [-0.15, -0.1) is 0 Å². The molecule has 0 radical (unpaired) electrons. The Hall–Kier alpha value is -0.130. The highest BCUT2D eigenvalue weighted by atomic mass is 32.2. The Balaban J connectivity index is 3.07. The number of nitrogens with zero attached hydrogens (tertiary/aromatic N) is 1. The molecule has 2 unspecified atom stereocenters. The monoisotopic (exact) mass is 234 g/mol. The van der Waals surface area contributed by atoms with Gasteiger partial charge >= 0.3 is 0 Å². The zero-order chi connectivity index (χ0) is 11.7. The van der Waals surface area contributed by atoms with Crippen LogP contribution in [0.25, 0.3) is 0 Å². The summed E-state index contributed by atoms with van der Waals surface area (Å²) in [5.74, 6) is 0. The summed E-state index contributed by atoms with van der Waals surface area (Å²) in [5.41, 5.74) is 5.50. The van der Waals surface area contributed by atoms with Crippen LogP contribution in [0.4, 0.5) is 0 Å². The fraction of sp³-hybridized carbons (Fsp3) is 1.00. The second kappa shape index (κ2) is 4.39. The van der Waals surface area contributed by atoms with Crippen molar-refractivity contribution in [2.45, 2.75) is 37.0 Å². The van der Waals surface area contributed by atoms with Crippen LogP contribution < -0.4 is 5.73 Å². The molecule has 1 saturated carbocycles. The molecule has 15 heavy (non-hydrogen) atoms. The van der Waals surface area contributed by atoms with E-state index in [0.717, 1.165) is 25.8 Å². The maximum absolute atomic E-state index is 11.7. The van der Waals surface area contributed by atoms with E-state index in [0.29, 0.717) is 6.54 Å². The lowest BCUT2D eigenvalue weighted by Gasteiger charge is -2.41. The van der Waals surface area contributed by atoms with E-state index in [2.05, 4.69) is 4.90 Å². The van der Waals surface area contributed by atoms with E-state index in [1.54, 1.807) is 0 Å². The van der Waals surface area contributed by atoms with Crippen LogP contribution in [0.3, 0.4) is 0 Å². The van der Waals surface area contributed by atoms with E-state index >= 15 is 0 Å². The van der Waals surface area contributed by atoms with Gasteiger partial charge < -0.3 is 5.73 Å². The molecular weight excluding hydrogens is 212 g/mol. The normalized spacial score (nSPS) is 32.5. The molecular formula is C10H22N2O2S. The predicted molar refractivity (Wildman–Crippen MR) is 62.6 cm³/mol. The van der Waals surface area contributed by atoms with Gasteiger partial charge in [0, 0.05) is 18.3 Å². The minimum Gasteiger partial charge on any atom is -0.329 e. The lowest BCUT2D eigenvalue weighted by atomic mass is 9.95. The van der Waals surface area contributed by atoms with Gasteiger partial charge in [-0.1, -0.05) is 13.3 Å². The van der Waals surface area contributed by atoms with E-state index < -0.39 is 9.84 Å². The molecule has 1 aliphatic rings. The SMILES string of the molecule is CCN(C)C1(CN)CCCC1S(C)(=O)=O. The second-order valence-electron chi connectivity index (χ2n) is 4.53. The fourth-order valence-electron chi connectivity index (χ4n) is 2.78.